The lowest BCUT2D eigenvalue weighted by Gasteiger charge is -2.20. The first-order valence-corrected chi connectivity index (χ1v) is 7.49. The topological polar surface area (TPSA) is 38.3 Å². The third kappa shape index (κ3) is 2.89. The van der Waals surface area contributed by atoms with E-state index in [9.17, 15) is 9.18 Å². The zero-order valence-electron chi connectivity index (χ0n) is 10.7. The van der Waals surface area contributed by atoms with Crippen molar-refractivity contribution in [1.29, 1.82) is 0 Å². The lowest BCUT2D eigenvalue weighted by Crippen LogP contribution is -2.25. The van der Waals surface area contributed by atoms with E-state index in [0.717, 1.165) is 11.1 Å². The third-order valence-electron chi connectivity index (χ3n) is 3.16. The molecule has 2 aromatic carbocycles. The van der Waals surface area contributed by atoms with Crippen molar-refractivity contribution in [3.05, 3.63) is 58.4 Å². The molecule has 0 fully saturated rings. The van der Waals surface area contributed by atoms with Gasteiger partial charge in [0, 0.05) is 5.02 Å². The van der Waals surface area contributed by atoms with E-state index in [1.54, 1.807) is 12.1 Å². The van der Waals surface area contributed by atoms with Crippen LogP contribution in [0.1, 0.15) is 16.0 Å². The molecule has 0 saturated heterocycles. The fourth-order valence-corrected chi connectivity index (χ4v) is 3.24. The number of alkyl halides is 1. The average molecular weight is 371 g/mol. The Bertz CT molecular complexity index is 723. The predicted molar refractivity (Wildman–Crippen MR) is 82.7 cm³/mol. The highest BCUT2D eigenvalue weighted by Crippen LogP contribution is 2.39. The molecule has 21 heavy (non-hydrogen) atoms. The maximum absolute atomic E-state index is 13.1. The minimum absolute atomic E-state index is 0.0217. The van der Waals surface area contributed by atoms with Crippen LogP contribution in [0.15, 0.2) is 36.4 Å². The molecule has 0 aliphatic carbocycles. The molecule has 1 heterocycles. The second-order valence-electron chi connectivity index (χ2n) is 4.62. The van der Waals surface area contributed by atoms with E-state index in [1.807, 2.05) is 12.1 Å². The molecule has 0 spiro atoms. The number of nitrogens with one attached hydrogen (secondary N) is 1. The van der Waals surface area contributed by atoms with Crippen LogP contribution in [0.2, 0.25) is 5.02 Å². The van der Waals surface area contributed by atoms with Crippen LogP contribution >= 0.6 is 27.5 Å². The summed E-state index contributed by atoms with van der Waals surface area (Å²) in [7, 11) is 0. The molecule has 1 unspecified atom stereocenters. The number of benzene rings is 2. The molecule has 0 bridgehead atoms. The summed E-state index contributed by atoms with van der Waals surface area (Å²) >= 11 is 9.63. The van der Waals surface area contributed by atoms with Gasteiger partial charge in [0.15, 0.2) is 6.61 Å². The molecular weight excluding hydrogens is 361 g/mol. The van der Waals surface area contributed by atoms with E-state index in [0.29, 0.717) is 16.5 Å². The Balaban J connectivity index is 1.96. The molecule has 1 aliphatic heterocycles. The van der Waals surface area contributed by atoms with Crippen LogP contribution in [0, 0.1) is 5.82 Å². The molecule has 108 valence electrons. The minimum atomic E-state index is -0.380. The van der Waals surface area contributed by atoms with Crippen molar-refractivity contribution >= 4 is 39.1 Å². The Labute approximate surface area is 134 Å². The molecular formula is C15H10BrClFNO2. The van der Waals surface area contributed by atoms with Gasteiger partial charge < -0.3 is 10.1 Å². The van der Waals surface area contributed by atoms with Crippen molar-refractivity contribution in [2.24, 2.45) is 0 Å². The van der Waals surface area contributed by atoms with E-state index in [-0.39, 0.29) is 23.2 Å². The van der Waals surface area contributed by atoms with Crippen LogP contribution in [0.4, 0.5) is 10.1 Å². The highest BCUT2D eigenvalue weighted by atomic mass is 79.9. The number of hydrogen-bond acceptors (Lipinski definition) is 2. The summed E-state index contributed by atoms with van der Waals surface area (Å²) in [6.45, 7) is 0.0217. The Morgan fingerprint density at radius 2 is 2.10 bits per heavy atom. The number of hydrogen-bond donors (Lipinski definition) is 1. The van der Waals surface area contributed by atoms with Crippen LogP contribution in [-0.4, -0.2) is 12.5 Å². The molecule has 3 rings (SSSR count). The molecule has 6 heteroatoms. The highest BCUT2D eigenvalue weighted by Gasteiger charge is 2.20. The second-order valence-corrected chi connectivity index (χ2v) is 5.94. The SMILES string of the molecule is O=C1COc2ccc(C(Br)c3ccc(F)cc3Cl)cc2N1. The van der Waals surface area contributed by atoms with Gasteiger partial charge >= 0.3 is 0 Å². The number of amides is 1. The number of ether oxygens (including phenoxy) is 1. The van der Waals surface area contributed by atoms with Gasteiger partial charge in [0.25, 0.3) is 5.91 Å². The van der Waals surface area contributed by atoms with E-state index in [2.05, 4.69) is 21.2 Å². The maximum Gasteiger partial charge on any atom is 0.262 e. The number of rotatable bonds is 2. The average Bonchev–Trinajstić information content (AvgIpc) is 2.46. The first kappa shape index (κ1) is 14.4. The number of anilines is 1. The summed E-state index contributed by atoms with van der Waals surface area (Å²) < 4.78 is 18.4. The zero-order valence-corrected chi connectivity index (χ0v) is 13.0. The lowest BCUT2D eigenvalue weighted by molar-refractivity contribution is -0.118. The summed E-state index contributed by atoms with van der Waals surface area (Å²) in [6, 6.07) is 9.73. The van der Waals surface area contributed by atoms with Crippen LogP contribution in [0.3, 0.4) is 0 Å². The van der Waals surface area contributed by atoms with Crippen molar-refractivity contribution in [3.8, 4) is 5.75 Å². The van der Waals surface area contributed by atoms with Crippen molar-refractivity contribution < 1.29 is 13.9 Å². The summed E-state index contributed by atoms with van der Waals surface area (Å²) in [5.74, 6) is 0.0587. The van der Waals surface area contributed by atoms with Gasteiger partial charge in [-0.15, -0.1) is 0 Å². The Morgan fingerprint density at radius 1 is 1.29 bits per heavy atom. The fourth-order valence-electron chi connectivity index (χ4n) is 2.14. The van der Waals surface area contributed by atoms with Crippen LogP contribution in [0.5, 0.6) is 5.75 Å². The molecule has 0 aromatic heterocycles. The monoisotopic (exact) mass is 369 g/mol. The number of carbonyl (C=O) groups is 1. The summed E-state index contributed by atoms with van der Waals surface area (Å²) in [6.07, 6.45) is 0. The van der Waals surface area contributed by atoms with E-state index < -0.39 is 0 Å². The Hall–Kier alpha value is -1.59. The molecule has 0 saturated carbocycles. The standard InChI is InChI=1S/C15H10BrClFNO2/c16-15(10-3-2-9(18)6-11(10)17)8-1-4-13-12(5-8)19-14(20)7-21-13/h1-6,15H,7H2,(H,19,20). The molecule has 1 amide bonds. The second kappa shape index (κ2) is 5.66. The van der Waals surface area contributed by atoms with Crippen molar-refractivity contribution in [3.63, 3.8) is 0 Å². The molecule has 1 aliphatic rings. The maximum atomic E-state index is 13.1. The Morgan fingerprint density at radius 3 is 2.86 bits per heavy atom. The molecule has 1 atom stereocenters. The van der Waals surface area contributed by atoms with Crippen molar-refractivity contribution in [2.75, 3.05) is 11.9 Å². The van der Waals surface area contributed by atoms with Crippen molar-refractivity contribution in [1.82, 2.24) is 0 Å². The highest BCUT2D eigenvalue weighted by molar-refractivity contribution is 9.09. The van der Waals surface area contributed by atoms with Crippen LogP contribution < -0.4 is 10.1 Å². The van der Waals surface area contributed by atoms with Gasteiger partial charge in [0.05, 0.1) is 10.5 Å². The smallest absolute Gasteiger partial charge is 0.262 e. The molecule has 1 N–H and O–H groups in total. The summed E-state index contributed by atoms with van der Waals surface area (Å²) in [4.78, 5) is 11.1. The van der Waals surface area contributed by atoms with Crippen molar-refractivity contribution in [2.45, 2.75) is 4.83 Å². The van der Waals surface area contributed by atoms with E-state index in [4.69, 9.17) is 16.3 Å². The summed E-state index contributed by atoms with van der Waals surface area (Å²) in [5.41, 5.74) is 2.25. The first-order chi connectivity index (χ1) is 10.0. The Kier molecular flexibility index (Phi) is 3.87. The molecule has 3 nitrogen and oxygen atoms in total. The van der Waals surface area contributed by atoms with Gasteiger partial charge in [-0.1, -0.05) is 39.7 Å². The van der Waals surface area contributed by atoms with E-state index >= 15 is 0 Å². The first-order valence-electron chi connectivity index (χ1n) is 6.20. The largest absolute Gasteiger partial charge is 0.482 e. The zero-order chi connectivity index (χ0) is 15.0. The number of carbonyl (C=O) groups excluding carboxylic acids is 1. The molecule has 2 aromatic rings. The fraction of sp³-hybridized carbons (Fsp3) is 0.133. The quantitative estimate of drug-likeness (QED) is 0.801. The predicted octanol–water partition coefficient (Wildman–Crippen LogP) is 4.29. The third-order valence-corrected chi connectivity index (χ3v) is 4.51. The van der Waals surface area contributed by atoms with Gasteiger partial charge in [-0.25, -0.2) is 4.39 Å². The normalized spacial score (nSPS) is 14.9. The summed E-state index contributed by atoms with van der Waals surface area (Å²) in [5, 5.41) is 3.10. The lowest BCUT2D eigenvalue weighted by atomic mass is 10.0. The van der Waals surface area contributed by atoms with Crippen LogP contribution in [0.25, 0.3) is 0 Å². The van der Waals surface area contributed by atoms with Gasteiger partial charge in [-0.3, -0.25) is 4.79 Å². The van der Waals surface area contributed by atoms with E-state index in [1.165, 1.54) is 12.1 Å². The van der Waals surface area contributed by atoms with Gasteiger partial charge in [0.2, 0.25) is 0 Å². The van der Waals surface area contributed by atoms with Gasteiger partial charge in [0.1, 0.15) is 11.6 Å². The number of halogens is 3. The van der Waals surface area contributed by atoms with Gasteiger partial charge in [-0.05, 0) is 35.4 Å². The number of fused-ring (bicyclic) bond motifs is 1. The van der Waals surface area contributed by atoms with Gasteiger partial charge in [-0.2, -0.15) is 0 Å². The molecule has 0 radical (unpaired) electrons. The van der Waals surface area contributed by atoms with Crippen LogP contribution in [-0.2, 0) is 4.79 Å². The minimum Gasteiger partial charge on any atom is -0.482 e.